The summed E-state index contributed by atoms with van der Waals surface area (Å²) in [5.74, 6) is 0.611. The first-order chi connectivity index (χ1) is 12.3. The molecule has 1 amide bonds. The Morgan fingerprint density at radius 3 is 2.52 bits per heavy atom. The van der Waals surface area contributed by atoms with Gasteiger partial charge in [-0.1, -0.05) is 49.4 Å². The highest BCUT2D eigenvalue weighted by atomic mass is 16.1. The summed E-state index contributed by atoms with van der Waals surface area (Å²) in [7, 11) is 0. The number of amides is 1. The van der Waals surface area contributed by atoms with Crippen LogP contribution in [-0.2, 0) is 0 Å². The van der Waals surface area contributed by atoms with Gasteiger partial charge in [-0.15, -0.1) is 0 Å². The van der Waals surface area contributed by atoms with Gasteiger partial charge in [-0.25, -0.2) is 0 Å². The molecule has 0 spiro atoms. The van der Waals surface area contributed by atoms with Gasteiger partial charge < -0.3 is 10.2 Å². The van der Waals surface area contributed by atoms with E-state index in [1.807, 2.05) is 42.5 Å². The van der Waals surface area contributed by atoms with Crippen LogP contribution in [0.2, 0.25) is 0 Å². The summed E-state index contributed by atoms with van der Waals surface area (Å²) in [6.45, 7) is 6.50. The molecule has 1 fully saturated rings. The number of hydrogen-bond donors (Lipinski definition) is 1. The summed E-state index contributed by atoms with van der Waals surface area (Å²) >= 11 is 0. The molecular formula is C22H28N2O. The van der Waals surface area contributed by atoms with Gasteiger partial charge in [0.25, 0.3) is 5.91 Å². The number of piperidine rings is 1. The van der Waals surface area contributed by atoms with Crippen molar-refractivity contribution in [2.45, 2.75) is 26.2 Å². The molecule has 1 aliphatic rings. The summed E-state index contributed by atoms with van der Waals surface area (Å²) in [4.78, 5) is 14.9. The first-order valence-electron chi connectivity index (χ1n) is 9.42. The average Bonchev–Trinajstić information content (AvgIpc) is 2.67. The maximum Gasteiger partial charge on any atom is 0.251 e. The summed E-state index contributed by atoms with van der Waals surface area (Å²) in [5.41, 5.74) is 3.05. The Morgan fingerprint density at radius 1 is 1.08 bits per heavy atom. The van der Waals surface area contributed by atoms with E-state index in [9.17, 15) is 4.79 Å². The van der Waals surface area contributed by atoms with Crippen LogP contribution < -0.4 is 5.32 Å². The van der Waals surface area contributed by atoms with Crippen LogP contribution in [-0.4, -0.2) is 37.0 Å². The van der Waals surface area contributed by atoms with Gasteiger partial charge in [0.2, 0.25) is 0 Å². The lowest BCUT2D eigenvalue weighted by Crippen LogP contribution is -2.41. The zero-order chi connectivity index (χ0) is 17.5. The second-order valence-corrected chi connectivity index (χ2v) is 6.96. The van der Waals surface area contributed by atoms with Gasteiger partial charge >= 0.3 is 0 Å². The monoisotopic (exact) mass is 336 g/mol. The number of carbonyl (C=O) groups is 1. The third-order valence-electron chi connectivity index (χ3n) is 4.95. The largest absolute Gasteiger partial charge is 0.352 e. The van der Waals surface area contributed by atoms with E-state index in [4.69, 9.17) is 0 Å². The summed E-state index contributed by atoms with van der Waals surface area (Å²) < 4.78 is 0. The molecule has 0 aromatic heterocycles. The maximum atomic E-state index is 12.4. The topological polar surface area (TPSA) is 32.3 Å². The zero-order valence-electron chi connectivity index (χ0n) is 15.1. The summed E-state index contributed by atoms with van der Waals surface area (Å²) in [5, 5.41) is 3.12. The van der Waals surface area contributed by atoms with E-state index in [2.05, 4.69) is 29.3 Å². The van der Waals surface area contributed by atoms with Gasteiger partial charge in [-0.3, -0.25) is 4.79 Å². The molecule has 3 heteroatoms. The van der Waals surface area contributed by atoms with Crippen LogP contribution in [0.15, 0.2) is 54.6 Å². The van der Waals surface area contributed by atoms with Crippen LogP contribution in [0.25, 0.3) is 11.1 Å². The standard InChI is InChI=1S/C22H28N2O/c1-2-14-24-15-6-7-18(17-24)16-23-22(25)21-12-10-20(11-13-21)19-8-4-3-5-9-19/h3-5,8-13,18H,2,6-7,14-17H2,1H3,(H,23,25)/t18-/m0/s1. The Kier molecular flexibility index (Phi) is 6.24. The van der Waals surface area contributed by atoms with Gasteiger partial charge in [0.05, 0.1) is 0 Å². The molecule has 1 saturated heterocycles. The first-order valence-corrected chi connectivity index (χ1v) is 9.42. The molecule has 1 aliphatic heterocycles. The van der Waals surface area contributed by atoms with E-state index in [1.165, 1.54) is 37.9 Å². The second kappa shape index (κ2) is 8.82. The molecule has 25 heavy (non-hydrogen) atoms. The van der Waals surface area contributed by atoms with Gasteiger partial charge in [0.15, 0.2) is 0 Å². The minimum absolute atomic E-state index is 0.0345. The molecule has 1 atom stereocenters. The summed E-state index contributed by atoms with van der Waals surface area (Å²) in [6.07, 6.45) is 3.66. The molecule has 1 N–H and O–H groups in total. The predicted octanol–water partition coefficient (Wildman–Crippen LogP) is 4.21. The Balaban J connectivity index is 1.53. The molecule has 0 radical (unpaired) electrons. The van der Waals surface area contributed by atoms with Gasteiger partial charge in [-0.05, 0) is 61.5 Å². The fourth-order valence-corrected chi connectivity index (χ4v) is 3.62. The lowest BCUT2D eigenvalue weighted by Gasteiger charge is -2.32. The van der Waals surface area contributed by atoms with Crippen molar-refractivity contribution >= 4 is 5.91 Å². The molecule has 0 saturated carbocycles. The lowest BCUT2D eigenvalue weighted by atomic mass is 9.97. The molecule has 0 unspecified atom stereocenters. The molecule has 1 heterocycles. The van der Waals surface area contributed by atoms with E-state index >= 15 is 0 Å². The van der Waals surface area contributed by atoms with E-state index in [-0.39, 0.29) is 5.91 Å². The van der Waals surface area contributed by atoms with Crippen LogP contribution in [0.4, 0.5) is 0 Å². The predicted molar refractivity (Wildman–Crippen MR) is 104 cm³/mol. The van der Waals surface area contributed by atoms with Gasteiger partial charge in [-0.2, -0.15) is 0 Å². The zero-order valence-corrected chi connectivity index (χ0v) is 15.1. The Bertz CT molecular complexity index is 664. The highest BCUT2D eigenvalue weighted by Gasteiger charge is 2.19. The molecule has 2 aromatic rings. The fourth-order valence-electron chi connectivity index (χ4n) is 3.62. The summed E-state index contributed by atoms with van der Waals surface area (Å²) in [6, 6.07) is 18.1. The van der Waals surface area contributed by atoms with E-state index in [0.717, 1.165) is 24.2 Å². The smallest absolute Gasteiger partial charge is 0.251 e. The van der Waals surface area contributed by atoms with Crippen molar-refractivity contribution in [1.29, 1.82) is 0 Å². The van der Waals surface area contributed by atoms with Crippen LogP contribution in [0.3, 0.4) is 0 Å². The minimum Gasteiger partial charge on any atom is -0.352 e. The molecule has 3 rings (SSSR count). The van der Waals surface area contributed by atoms with Crippen LogP contribution in [0.1, 0.15) is 36.5 Å². The maximum absolute atomic E-state index is 12.4. The molecule has 3 nitrogen and oxygen atoms in total. The number of likely N-dealkylation sites (tertiary alicyclic amines) is 1. The van der Waals surface area contributed by atoms with Crippen LogP contribution in [0, 0.1) is 5.92 Å². The number of rotatable bonds is 6. The van der Waals surface area contributed by atoms with Gasteiger partial charge in [0, 0.05) is 18.7 Å². The van der Waals surface area contributed by atoms with Crippen molar-refractivity contribution in [3.8, 4) is 11.1 Å². The van der Waals surface area contributed by atoms with E-state index in [0.29, 0.717) is 5.92 Å². The molecule has 132 valence electrons. The third-order valence-corrected chi connectivity index (χ3v) is 4.95. The molecule has 0 bridgehead atoms. The Hall–Kier alpha value is -2.13. The fraction of sp³-hybridized carbons (Fsp3) is 0.409. The quantitative estimate of drug-likeness (QED) is 0.857. The lowest BCUT2D eigenvalue weighted by molar-refractivity contribution is 0.0932. The second-order valence-electron chi connectivity index (χ2n) is 6.96. The molecule has 0 aliphatic carbocycles. The Labute approximate surface area is 151 Å². The molecule has 2 aromatic carbocycles. The minimum atomic E-state index is 0.0345. The van der Waals surface area contributed by atoms with Crippen molar-refractivity contribution in [3.05, 3.63) is 60.2 Å². The molecular weight excluding hydrogens is 308 g/mol. The average molecular weight is 336 g/mol. The number of hydrogen-bond acceptors (Lipinski definition) is 2. The van der Waals surface area contributed by atoms with Crippen molar-refractivity contribution in [1.82, 2.24) is 10.2 Å². The highest BCUT2D eigenvalue weighted by Crippen LogP contribution is 2.19. The van der Waals surface area contributed by atoms with Crippen molar-refractivity contribution < 1.29 is 4.79 Å². The van der Waals surface area contributed by atoms with Crippen molar-refractivity contribution in [2.24, 2.45) is 5.92 Å². The van der Waals surface area contributed by atoms with Crippen LogP contribution >= 0.6 is 0 Å². The third kappa shape index (κ3) is 4.93. The number of benzene rings is 2. The van der Waals surface area contributed by atoms with E-state index in [1.54, 1.807) is 0 Å². The van der Waals surface area contributed by atoms with Crippen molar-refractivity contribution in [2.75, 3.05) is 26.2 Å². The number of nitrogens with one attached hydrogen (secondary N) is 1. The van der Waals surface area contributed by atoms with Gasteiger partial charge in [0.1, 0.15) is 0 Å². The number of nitrogens with zero attached hydrogens (tertiary/aromatic N) is 1. The SMILES string of the molecule is CCCN1CCC[C@@H](CNC(=O)c2ccc(-c3ccccc3)cc2)C1. The Morgan fingerprint density at radius 2 is 1.80 bits per heavy atom. The first kappa shape index (κ1) is 17.7. The van der Waals surface area contributed by atoms with Crippen molar-refractivity contribution in [3.63, 3.8) is 0 Å². The number of carbonyl (C=O) groups excluding carboxylic acids is 1. The van der Waals surface area contributed by atoms with E-state index < -0.39 is 0 Å². The normalized spacial score (nSPS) is 18.0. The van der Waals surface area contributed by atoms with Crippen LogP contribution in [0.5, 0.6) is 0 Å². The highest BCUT2D eigenvalue weighted by molar-refractivity contribution is 5.94.